The Morgan fingerprint density at radius 2 is 1.62 bits per heavy atom. The van der Waals surface area contributed by atoms with E-state index in [1.165, 1.54) is 5.56 Å². The van der Waals surface area contributed by atoms with Gasteiger partial charge in [0.2, 0.25) is 0 Å². The van der Waals surface area contributed by atoms with Gasteiger partial charge in [-0.05, 0) is 40.8 Å². The SMILES string of the molecule is CC(C)(C)c1csc(N(CCc2ccccc2)Cc2ccc(C(=O)NCc3cccc(CN)c3)cc2)n1. The highest BCUT2D eigenvalue weighted by atomic mass is 32.1. The molecule has 1 aromatic heterocycles. The van der Waals surface area contributed by atoms with Crippen molar-refractivity contribution < 1.29 is 4.79 Å². The highest BCUT2D eigenvalue weighted by molar-refractivity contribution is 7.13. The third-order valence-corrected chi connectivity index (χ3v) is 7.22. The van der Waals surface area contributed by atoms with Crippen LogP contribution >= 0.6 is 11.3 Å². The number of amides is 1. The molecule has 0 aliphatic rings. The van der Waals surface area contributed by atoms with E-state index in [4.69, 9.17) is 10.7 Å². The number of benzene rings is 3. The zero-order chi connectivity index (χ0) is 26.3. The lowest BCUT2D eigenvalue weighted by atomic mass is 9.93. The van der Waals surface area contributed by atoms with Gasteiger partial charge in [0.05, 0.1) is 5.69 Å². The number of aromatic nitrogens is 1. The monoisotopic (exact) mass is 512 g/mol. The molecule has 0 radical (unpaired) electrons. The van der Waals surface area contributed by atoms with Crippen LogP contribution in [0, 0.1) is 0 Å². The van der Waals surface area contributed by atoms with Crippen LogP contribution in [0.3, 0.4) is 0 Å². The second kappa shape index (κ2) is 12.2. The maximum Gasteiger partial charge on any atom is 0.251 e. The molecule has 192 valence electrons. The minimum atomic E-state index is -0.0830. The lowest BCUT2D eigenvalue weighted by molar-refractivity contribution is 0.0951. The van der Waals surface area contributed by atoms with Gasteiger partial charge in [-0.15, -0.1) is 11.3 Å². The van der Waals surface area contributed by atoms with Gasteiger partial charge < -0.3 is 16.0 Å². The quantitative estimate of drug-likeness (QED) is 0.270. The van der Waals surface area contributed by atoms with Gasteiger partial charge in [0.25, 0.3) is 5.91 Å². The van der Waals surface area contributed by atoms with E-state index in [9.17, 15) is 4.79 Å². The van der Waals surface area contributed by atoms with Crippen LogP contribution in [0.4, 0.5) is 5.13 Å². The van der Waals surface area contributed by atoms with Gasteiger partial charge in [0.15, 0.2) is 5.13 Å². The Morgan fingerprint density at radius 1 is 0.919 bits per heavy atom. The Kier molecular flexibility index (Phi) is 8.74. The van der Waals surface area contributed by atoms with E-state index in [1.54, 1.807) is 11.3 Å². The first-order chi connectivity index (χ1) is 17.8. The number of nitrogens with two attached hydrogens (primary N) is 1. The Bertz CT molecular complexity index is 1290. The summed E-state index contributed by atoms with van der Waals surface area (Å²) in [7, 11) is 0. The van der Waals surface area contributed by atoms with Gasteiger partial charge in [-0.3, -0.25) is 4.79 Å². The molecule has 0 fully saturated rings. The van der Waals surface area contributed by atoms with E-state index < -0.39 is 0 Å². The number of thiazole rings is 1. The number of hydrogen-bond donors (Lipinski definition) is 2. The molecular weight excluding hydrogens is 476 g/mol. The first kappa shape index (κ1) is 26.6. The van der Waals surface area contributed by atoms with Crippen molar-refractivity contribution in [1.29, 1.82) is 0 Å². The molecule has 0 bridgehead atoms. The van der Waals surface area contributed by atoms with Crippen molar-refractivity contribution in [3.63, 3.8) is 0 Å². The molecule has 6 heteroatoms. The fourth-order valence-electron chi connectivity index (χ4n) is 4.04. The zero-order valence-electron chi connectivity index (χ0n) is 21.9. The van der Waals surface area contributed by atoms with Crippen LogP contribution in [-0.4, -0.2) is 17.4 Å². The van der Waals surface area contributed by atoms with Gasteiger partial charge in [0.1, 0.15) is 0 Å². The molecule has 1 amide bonds. The molecule has 3 N–H and O–H groups in total. The summed E-state index contributed by atoms with van der Waals surface area (Å²) in [5.41, 5.74) is 12.1. The summed E-state index contributed by atoms with van der Waals surface area (Å²) in [6.07, 6.45) is 0.942. The van der Waals surface area contributed by atoms with Crippen LogP contribution in [0.1, 0.15) is 59.1 Å². The highest BCUT2D eigenvalue weighted by Gasteiger charge is 2.20. The van der Waals surface area contributed by atoms with E-state index in [1.807, 2.05) is 54.6 Å². The van der Waals surface area contributed by atoms with Crippen LogP contribution in [0.5, 0.6) is 0 Å². The average Bonchev–Trinajstić information content (AvgIpc) is 3.42. The highest BCUT2D eigenvalue weighted by Crippen LogP contribution is 2.29. The van der Waals surface area contributed by atoms with Gasteiger partial charge in [0, 0.05) is 42.5 Å². The summed E-state index contributed by atoms with van der Waals surface area (Å²) in [6.45, 7) is 9.14. The van der Waals surface area contributed by atoms with Crippen LogP contribution in [0.2, 0.25) is 0 Å². The molecule has 4 aromatic rings. The lowest BCUT2D eigenvalue weighted by Gasteiger charge is -2.23. The van der Waals surface area contributed by atoms with Crippen molar-refractivity contribution in [3.8, 4) is 0 Å². The number of nitrogens with one attached hydrogen (secondary N) is 1. The summed E-state index contributed by atoms with van der Waals surface area (Å²) >= 11 is 1.70. The Labute approximate surface area is 224 Å². The van der Waals surface area contributed by atoms with Crippen molar-refractivity contribution >= 4 is 22.4 Å². The zero-order valence-corrected chi connectivity index (χ0v) is 22.7. The summed E-state index contributed by atoms with van der Waals surface area (Å²) in [5, 5.41) is 6.21. The fourth-order valence-corrected chi connectivity index (χ4v) is 5.12. The number of hydrogen-bond acceptors (Lipinski definition) is 5. The lowest BCUT2D eigenvalue weighted by Crippen LogP contribution is -2.26. The minimum Gasteiger partial charge on any atom is -0.348 e. The molecule has 1 heterocycles. The molecule has 5 nitrogen and oxygen atoms in total. The third-order valence-electron chi connectivity index (χ3n) is 6.31. The normalized spacial score (nSPS) is 11.4. The molecule has 0 saturated carbocycles. The predicted molar refractivity (Wildman–Crippen MR) is 154 cm³/mol. The average molecular weight is 513 g/mol. The molecule has 0 saturated heterocycles. The third kappa shape index (κ3) is 7.51. The van der Waals surface area contributed by atoms with Crippen LogP contribution in [0.15, 0.2) is 84.2 Å². The number of anilines is 1. The number of nitrogens with zero attached hydrogens (tertiary/aromatic N) is 2. The van der Waals surface area contributed by atoms with Crippen molar-refractivity contribution in [2.45, 2.75) is 52.2 Å². The Morgan fingerprint density at radius 3 is 2.30 bits per heavy atom. The summed E-state index contributed by atoms with van der Waals surface area (Å²) in [4.78, 5) is 20.0. The molecule has 3 aromatic carbocycles. The molecule has 4 rings (SSSR count). The second-order valence-electron chi connectivity index (χ2n) is 10.3. The number of carbonyl (C=O) groups is 1. The predicted octanol–water partition coefficient (Wildman–Crippen LogP) is 6.08. The number of carbonyl (C=O) groups excluding carboxylic acids is 1. The molecule has 0 spiro atoms. The maximum atomic E-state index is 12.7. The largest absolute Gasteiger partial charge is 0.348 e. The van der Waals surface area contributed by atoms with Crippen LogP contribution in [0.25, 0.3) is 0 Å². The smallest absolute Gasteiger partial charge is 0.251 e. The first-order valence-electron chi connectivity index (χ1n) is 12.7. The molecule has 0 atom stereocenters. The van der Waals surface area contributed by atoms with Crippen LogP contribution in [-0.2, 0) is 31.5 Å². The fraction of sp³-hybridized carbons (Fsp3) is 0.290. The minimum absolute atomic E-state index is 0.0144. The molecular formula is C31H36N4OS. The molecule has 0 unspecified atom stereocenters. The first-order valence-corrected chi connectivity index (χ1v) is 13.6. The summed E-state index contributed by atoms with van der Waals surface area (Å²) in [6, 6.07) is 26.4. The van der Waals surface area contributed by atoms with Crippen molar-refractivity contribution in [2.75, 3.05) is 11.4 Å². The van der Waals surface area contributed by atoms with E-state index in [-0.39, 0.29) is 11.3 Å². The van der Waals surface area contributed by atoms with E-state index >= 15 is 0 Å². The second-order valence-corrected chi connectivity index (χ2v) is 11.2. The van der Waals surface area contributed by atoms with Gasteiger partial charge in [-0.2, -0.15) is 0 Å². The standard InChI is InChI=1S/C31H36N4OS/c1-31(2,3)28-22-37-30(34-28)35(17-16-23-8-5-4-6-9-23)21-24-12-14-27(15-13-24)29(36)33-20-26-11-7-10-25(18-26)19-32/h4-15,18,22H,16-17,19-21,32H2,1-3H3,(H,33,36). The molecule has 0 aliphatic carbocycles. The van der Waals surface area contributed by atoms with Crippen molar-refractivity contribution in [1.82, 2.24) is 10.3 Å². The van der Waals surface area contributed by atoms with E-state index in [0.29, 0.717) is 18.7 Å². The Hall–Kier alpha value is -3.48. The molecule has 0 aliphatic heterocycles. The summed E-state index contributed by atoms with van der Waals surface area (Å²) in [5.74, 6) is -0.0830. The van der Waals surface area contributed by atoms with Crippen LogP contribution < -0.4 is 16.0 Å². The van der Waals surface area contributed by atoms with Gasteiger partial charge in [-0.25, -0.2) is 4.98 Å². The maximum absolute atomic E-state index is 12.7. The molecule has 37 heavy (non-hydrogen) atoms. The van der Waals surface area contributed by atoms with Gasteiger partial charge in [-0.1, -0.05) is 87.5 Å². The van der Waals surface area contributed by atoms with Crippen molar-refractivity contribution in [2.24, 2.45) is 5.73 Å². The summed E-state index contributed by atoms with van der Waals surface area (Å²) < 4.78 is 0. The van der Waals surface area contributed by atoms with E-state index in [2.05, 4.69) is 60.6 Å². The number of rotatable bonds is 10. The van der Waals surface area contributed by atoms with Crippen molar-refractivity contribution in [3.05, 3.63) is 118 Å². The van der Waals surface area contributed by atoms with E-state index in [0.717, 1.165) is 47.0 Å². The Balaban J connectivity index is 1.43. The topological polar surface area (TPSA) is 71.2 Å². The van der Waals surface area contributed by atoms with Gasteiger partial charge >= 0.3 is 0 Å².